The van der Waals surface area contributed by atoms with Gasteiger partial charge < -0.3 is 10.3 Å². The Hall–Kier alpha value is -1.80. The molecule has 2 N–H and O–H groups in total. The summed E-state index contributed by atoms with van der Waals surface area (Å²) in [5, 5.41) is 2.62. The zero-order valence-corrected chi connectivity index (χ0v) is 10.9. The Morgan fingerprint density at radius 1 is 1.06 bits per heavy atom. The standard InChI is InChI=1S/C16H18N2/c1-3-18-15-7-5-4-6-13(15)14-10-12(11(2)17)8-9-16(14)18/h4-11H,3,17H2,1-2H3/t11-/m0/s1. The molecule has 3 aromatic rings. The first kappa shape index (κ1) is 11.3. The van der Waals surface area contributed by atoms with E-state index in [0.717, 1.165) is 6.54 Å². The zero-order valence-electron chi connectivity index (χ0n) is 10.9. The van der Waals surface area contributed by atoms with Gasteiger partial charge >= 0.3 is 0 Å². The molecule has 0 saturated heterocycles. The predicted molar refractivity (Wildman–Crippen MR) is 77.7 cm³/mol. The molecule has 0 aliphatic heterocycles. The fourth-order valence-electron chi connectivity index (χ4n) is 2.70. The molecule has 0 bridgehead atoms. The number of aromatic nitrogens is 1. The Kier molecular flexibility index (Phi) is 2.60. The number of nitrogens with zero attached hydrogens (tertiary/aromatic N) is 1. The molecule has 92 valence electrons. The smallest absolute Gasteiger partial charge is 0.0491 e. The van der Waals surface area contributed by atoms with Crippen molar-refractivity contribution in [3.05, 3.63) is 48.0 Å². The van der Waals surface area contributed by atoms with Crippen LogP contribution in [0.4, 0.5) is 0 Å². The number of benzene rings is 2. The molecule has 2 heteroatoms. The van der Waals surface area contributed by atoms with Crippen LogP contribution < -0.4 is 5.73 Å². The van der Waals surface area contributed by atoms with Crippen LogP contribution in [0.5, 0.6) is 0 Å². The molecule has 1 aromatic heterocycles. The third-order valence-corrected chi connectivity index (χ3v) is 3.64. The summed E-state index contributed by atoms with van der Waals surface area (Å²) in [6.45, 7) is 5.20. The molecule has 1 heterocycles. The van der Waals surface area contributed by atoms with Crippen LogP contribution in [0, 0.1) is 0 Å². The summed E-state index contributed by atoms with van der Waals surface area (Å²) in [4.78, 5) is 0. The summed E-state index contributed by atoms with van der Waals surface area (Å²) in [7, 11) is 0. The third kappa shape index (κ3) is 1.53. The highest BCUT2D eigenvalue weighted by Gasteiger charge is 2.10. The molecule has 0 fully saturated rings. The number of nitrogens with two attached hydrogens (primary N) is 1. The summed E-state index contributed by atoms with van der Waals surface area (Å²) >= 11 is 0. The van der Waals surface area contributed by atoms with Gasteiger partial charge in [0, 0.05) is 34.4 Å². The van der Waals surface area contributed by atoms with Gasteiger partial charge in [-0.1, -0.05) is 24.3 Å². The highest BCUT2D eigenvalue weighted by Crippen LogP contribution is 2.30. The maximum Gasteiger partial charge on any atom is 0.0491 e. The van der Waals surface area contributed by atoms with Crippen LogP contribution in [0.1, 0.15) is 25.5 Å². The van der Waals surface area contributed by atoms with Gasteiger partial charge in [0.25, 0.3) is 0 Å². The predicted octanol–water partition coefficient (Wildman–Crippen LogP) is 3.83. The molecule has 2 nitrogen and oxygen atoms in total. The second kappa shape index (κ2) is 4.14. The third-order valence-electron chi connectivity index (χ3n) is 3.64. The Balaban J connectivity index is 2.45. The van der Waals surface area contributed by atoms with Gasteiger partial charge in [0.2, 0.25) is 0 Å². The normalized spacial score (nSPS) is 13.3. The first-order valence-corrected chi connectivity index (χ1v) is 6.49. The highest BCUT2D eigenvalue weighted by atomic mass is 15.0. The number of aryl methyl sites for hydroxylation is 1. The van der Waals surface area contributed by atoms with Crippen LogP contribution in [0.2, 0.25) is 0 Å². The van der Waals surface area contributed by atoms with E-state index in [0.29, 0.717) is 0 Å². The second-order valence-electron chi connectivity index (χ2n) is 4.83. The van der Waals surface area contributed by atoms with E-state index in [1.54, 1.807) is 0 Å². The van der Waals surface area contributed by atoms with Gasteiger partial charge in [-0.3, -0.25) is 0 Å². The molecule has 3 rings (SSSR count). The topological polar surface area (TPSA) is 30.9 Å². The molecule has 2 aromatic carbocycles. The minimum absolute atomic E-state index is 0.0816. The largest absolute Gasteiger partial charge is 0.341 e. The fourth-order valence-corrected chi connectivity index (χ4v) is 2.70. The number of fused-ring (bicyclic) bond motifs is 3. The maximum atomic E-state index is 5.98. The van der Waals surface area contributed by atoms with Gasteiger partial charge in [-0.2, -0.15) is 0 Å². The van der Waals surface area contributed by atoms with Crippen molar-refractivity contribution in [1.29, 1.82) is 0 Å². The van der Waals surface area contributed by atoms with Gasteiger partial charge in [-0.15, -0.1) is 0 Å². The second-order valence-corrected chi connectivity index (χ2v) is 4.83. The van der Waals surface area contributed by atoms with Crippen LogP contribution in [0.15, 0.2) is 42.5 Å². The number of para-hydroxylation sites is 1. The lowest BCUT2D eigenvalue weighted by Gasteiger charge is -2.06. The molecular weight excluding hydrogens is 220 g/mol. The van der Waals surface area contributed by atoms with Gasteiger partial charge in [0.05, 0.1) is 0 Å². The van der Waals surface area contributed by atoms with Crippen molar-refractivity contribution in [3.8, 4) is 0 Å². The quantitative estimate of drug-likeness (QED) is 0.722. The molecule has 0 aliphatic carbocycles. The summed E-state index contributed by atoms with van der Waals surface area (Å²) < 4.78 is 2.36. The molecule has 1 atom stereocenters. The first-order chi connectivity index (χ1) is 8.72. The van der Waals surface area contributed by atoms with E-state index in [9.17, 15) is 0 Å². The van der Waals surface area contributed by atoms with Gasteiger partial charge in [0.15, 0.2) is 0 Å². The number of hydrogen-bond acceptors (Lipinski definition) is 1. The van der Waals surface area contributed by atoms with Crippen LogP contribution in [0.3, 0.4) is 0 Å². The van der Waals surface area contributed by atoms with Crippen molar-refractivity contribution in [2.24, 2.45) is 5.73 Å². The highest BCUT2D eigenvalue weighted by molar-refractivity contribution is 6.08. The van der Waals surface area contributed by atoms with Crippen LogP contribution >= 0.6 is 0 Å². The first-order valence-electron chi connectivity index (χ1n) is 6.49. The Morgan fingerprint density at radius 2 is 1.78 bits per heavy atom. The molecule has 0 unspecified atom stereocenters. The van der Waals surface area contributed by atoms with E-state index in [1.165, 1.54) is 27.4 Å². The van der Waals surface area contributed by atoms with E-state index in [2.05, 4.69) is 54.0 Å². The molecule has 0 radical (unpaired) electrons. The molecule has 0 saturated carbocycles. The molecule has 18 heavy (non-hydrogen) atoms. The molecule has 0 aliphatic rings. The average molecular weight is 238 g/mol. The van der Waals surface area contributed by atoms with Crippen LogP contribution in [-0.2, 0) is 6.54 Å². The van der Waals surface area contributed by atoms with Crippen molar-refractivity contribution in [2.75, 3.05) is 0 Å². The SMILES string of the molecule is CCn1c2ccccc2c2cc([C@H](C)N)ccc21. The molecule has 0 spiro atoms. The van der Waals surface area contributed by atoms with Crippen molar-refractivity contribution < 1.29 is 0 Å². The minimum atomic E-state index is 0.0816. The Morgan fingerprint density at radius 3 is 2.50 bits per heavy atom. The van der Waals surface area contributed by atoms with E-state index < -0.39 is 0 Å². The van der Waals surface area contributed by atoms with Gasteiger partial charge in [-0.05, 0) is 37.6 Å². The summed E-state index contributed by atoms with van der Waals surface area (Å²) in [5.41, 5.74) is 9.77. The lowest BCUT2D eigenvalue weighted by Crippen LogP contribution is -2.04. The summed E-state index contributed by atoms with van der Waals surface area (Å²) in [6, 6.07) is 15.2. The number of rotatable bonds is 2. The van der Waals surface area contributed by atoms with Gasteiger partial charge in [-0.25, -0.2) is 0 Å². The lowest BCUT2D eigenvalue weighted by atomic mass is 10.1. The van der Waals surface area contributed by atoms with Crippen molar-refractivity contribution in [2.45, 2.75) is 26.4 Å². The van der Waals surface area contributed by atoms with E-state index in [-0.39, 0.29) is 6.04 Å². The Bertz CT molecular complexity index is 708. The van der Waals surface area contributed by atoms with Crippen molar-refractivity contribution in [3.63, 3.8) is 0 Å². The lowest BCUT2D eigenvalue weighted by molar-refractivity contribution is 0.815. The summed E-state index contributed by atoms with van der Waals surface area (Å²) in [6.07, 6.45) is 0. The van der Waals surface area contributed by atoms with Crippen LogP contribution in [-0.4, -0.2) is 4.57 Å². The number of hydrogen-bond donors (Lipinski definition) is 1. The van der Waals surface area contributed by atoms with Crippen molar-refractivity contribution in [1.82, 2.24) is 4.57 Å². The maximum absolute atomic E-state index is 5.98. The van der Waals surface area contributed by atoms with E-state index in [4.69, 9.17) is 5.73 Å². The minimum Gasteiger partial charge on any atom is -0.341 e. The average Bonchev–Trinajstić information content (AvgIpc) is 2.71. The van der Waals surface area contributed by atoms with Crippen LogP contribution in [0.25, 0.3) is 21.8 Å². The molecular formula is C16H18N2. The van der Waals surface area contributed by atoms with E-state index in [1.807, 2.05) is 6.92 Å². The fraction of sp³-hybridized carbons (Fsp3) is 0.250. The monoisotopic (exact) mass is 238 g/mol. The summed E-state index contributed by atoms with van der Waals surface area (Å²) in [5.74, 6) is 0. The Labute approximate surface area is 107 Å². The van der Waals surface area contributed by atoms with Crippen molar-refractivity contribution >= 4 is 21.8 Å². The van der Waals surface area contributed by atoms with Gasteiger partial charge in [0.1, 0.15) is 0 Å². The zero-order chi connectivity index (χ0) is 12.7. The molecule has 0 amide bonds. The van der Waals surface area contributed by atoms with E-state index >= 15 is 0 Å².